The third-order valence-corrected chi connectivity index (χ3v) is 5.53. The Balaban J connectivity index is 1.62. The van der Waals surface area contributed by atoms with Crippen LogP contribution in [0.3, 0.4) is 0 Å². The van der Waals surface area contributed by atoms with Gasteiger partial charge in [0, 0.05) is 25.3 Å². The van der Waals surface area contributed by atoms with Gasteiger partial charge in [-0.25, -0.2) is 0 Å². The Bertz CT molecular complexity index is 645. The van der Waals surface area contributed by atoms with Crippen molar-refractivity contribution in [1.82, 2.24) is 10.2 Å². The fourth-order valence-corrected chi connectivity index (χ4v) is 3.72. The number of rotatable bonds is 6. The van der Waals surface area contributed by atoms with Crippen LogP contribution in [0.25, 0.3) is 0 Å². The van der Waals surface area contributed by atoms with E-state index >= 15 is 0 Å². The molecule has 2 aliphatic rings. The minimum absolute atomic E-state index is 0.207. The van der Waals surface area contributed by atoms with E-state index < -0.39 is 0 Å². The van der Waals surface area contributed by atoms with Gasteiger partial charge in [-0.05, 0) is 77.9 Å². The third kappa shape index (κ3) is 5.15. The maximum atomic E-state index is 12.5. The molecule has 1 unspecified atom stereocenters. The fourth-order valence-electron chi connectivity index (χ4n) is 2.94. The third-order valence-electron chi connectivity index (χ3n) is 4.55. The summed E-state index contributed by atoms with van der Waals surface area (Å²) in [6.07, 6.45) is 4.85. The number of hydrogen-bond donors (Lipinski definition) is 1. The van der Waals surface area contributed by atoms with Crippen LogP contribution in [-0.4, -0.2) is 48.8 Å². The lowest BCUT2D eigenvalue weighted by molar-refractivity contribution is 0.0879. The molecule has 1 aromatic rings. The molecular formula is C18H23BrN2O3S. The molecular weight excluding hydrogens is 404 g/mol. The molecule has 2 fully saturated rings. The molecule has 0 bridgehead atoms. The summed E-state index contributed by atoms with van der Waals surface area (Å²) in [7, 11) is 1.59. The van der Waals surface area contributed by atoms with Crippen LogP contribution in [0.2, 0.25) is 0 Å². The Kier molecular flexibility index (Phi) is 6.30. The molecule has 7 heteroatoms. The van der Waals surface area contributed by atoms with Gasteiger partial charge in [0.25, 0.3) is 5.91 Å². The highest BCUT2D eigenvalue weighted by Crippen LogP contribution is 2.30. The minimum Gasteiger partial charge on any atom is -0.496 e. The molecule has 1 aliphatic heterocycles. The van der Waals surface area contributed by atoms with Crippen LogP contribution in [0, 0.1) is 5.92 Å². The lowest BCUT2D eigenvalue weighted by atomic mass is 10.2. The number of benzene rings is 1. The molecule has 1 saturated heterocycles. The normalized spacial score (nSPS) is 19.5. The molecule has 25 heavy (non-hydrogen) atoms. The second-order valence-corrected chi connectivity index (χ2v) is 7.83. The van der Waals surface area contributed by atoms with Crippen molar-refractivity contribution in [2.24, 2.45) is 5.92 Å². The van der Waals surface area contributed by atoms with E-state index in [1.165, 1.54) is 12.8 Å². The highest BCUT2D eigenvalue weighted by Gasteiger charge is 2.28. The molecule has 1 heterocycles. The van der Waals surface area contributed by atoms with Crippen LogP contribution in [0.1, 0.15) is 36.0 Å². The van der Waals surface area contributed by atoms with E-state index in [1.807, 2.05) is 0 Å². The van der Waals surface area contributed by atoms with Gasteiger partial charge in [0.05, 0.1) is 17.7 Å². The zero-order chi connectivity index (χ0) is 17.8. The maximum absolute atomic E-state index is 12.5. The average molecular weight is 427 g/mol. The molecule has 5 nitrogen and oxygen atoms in total. The van der Waals surface area contributed by atoms with E-state index in [0.717, 1.165) is 37.0 Å². The number of methoxy groups -OCH3 is 1. The van der Waals surface area contributed by atoms with E-state index in [9.17, 15) is 4.79 Å². The number of amides is 1. The first kappa shape index (κ1) is 18.6. The van der Waals surface area contributed by atoms with Crippen LogP contribution < -0.4 is 10.1 Å². The monoisotopic (exact) mass is 426 g/mol. The Morgan fingerprint density at radius 2 is 2.20 bits per heavy atom. The topological polar surface area (TPSA) is 50.8 Å². The van der Waals surface area contributed by atoms with Gasteiger partial charge in [-0.15, -0.1) is 0 Å². The molecule has 0 radical (unpaired) electrons. The number of nitrogens with one attached hydrogen (secondary N) is 1. The van der Waals surface area contributed by atoms with Crippen molar-refractivity contribution >= 4 is 39.2 Å². The van der Waals surface area contributed by atoms with Crippen molar-refractivity contribution in [2.75, 3.05) is 26.8 Å². The summed E-state index contributed by atoms with van der Waals surface area (Å²) in [4.78, 5) is 14.6. The molecule has 0 spiro atoms. The number of hydrogen-bond acceptors (Lipinski definition) is 4. The van der Waals surface area contributed by atoms with E-state index in [4.69, 9.17) is 21.7 Å². The number of ether oxygens (including phenoxy) is 2. The van der Waals surface area contributed by atoms with Crippen molar-refractivity contribution in [3.8, 4) is 5.75 Å². The minimum atomic E-state index is -0.207. The Hall–Kier alpha value is -1.18. The van der Waals surface area contributed by atoms with Gasteiger partial charge in [-0.3, -0.25) is 10.1 Å². The second kappa shape index (κ2) is 8.47. The van der Waals surface area contributed by atoms with Crippen LogP contribution >= 0.6 is 28.1 Å². The van der Waals surface area contributed by atoms with Crippen molar-refractivity contribution in [3.05, 3.63) is 28.2 Å². The summed E-state index contributed by atoms with van der Waals surface area (Å²) in [5, 5.41) is 3.35. The zero-order valence-corrected chi connectivity index (χ0v) is 16.7. The van der Waals surface area contributed by atoms with Crippen molar-refractivity contribution < 1.29 is 14.3 Å². The first-order valence-electron chi connectivity index (χ1n) is 8.62. The SMILES string of the molecule is COc1ccc(C(=O)NC(=S)N(CC2CC2)CC2CCCO2)cc1Br. The molecule has 1 N–H and O–H groups in total. The van der Waals surface area contributed by atoms with E-state index in [2.05, 4.69) is 26.1 Å². The second-order valence-electron chi connectivity index (χ2n) is 6.59. The summed E-state index contributed by atoms with van der Waals surface area (Å²) < 4.78 is 11.7. The van der Waals surface area contributed by atoms with Crippen LogP contribution in [0.15, 0.2) is 22.7 Å². The zero-order valence-electron chi connectivity index (χ0n) is 14.3. The number of carbonyl (C=O) groups is 1. The first-order chi connectivity index (χ1) is 12.1. The molecule has 1 saturated carbocycles. The van der Waals surface area contributed by atoms with Crippen molar-refractivity contribution in [3.63, 3.8) is 0 Å². The largest absolute Gasteiger partial charge is 0.496 e. The van der Waals surface area contributed by atoms with E-state index in [0.29, 0.717) is 22.3 Å². The molecule has 1 aromatic carbocycles. The Morgan fingerprint density at radius 3 is 2.80 bits per heavy atom. The molecule has 136 valence electrons. The average Bonchev–Trinajstić information content (AvgIpc) is 3.26. The van der Waals surface area contributed by atoms with Gasteiger partial charge >= 0.3 is 0 Å². The fraction of sp³-hybridized carbons (Fsp3) is 0.556. The van der Waals surface area contributed by atoms with Gasteiger partial charge in [0.15, 0.2) is 5.11 Å². The van der Waals surface area contributed by atoms with Gasteiger partial charge in [-0.1, -0.05) is 0 Å². The summed E-state index contributed by atoms with van der Waals surface area (Å²) in [5.41, 5.74) is 0.540. The van der Waals surface area contributed by atoms with Gasteiger partial charge in [0.2, 0.25) is 0 Å². The standard InChI is InChI=1S/C18H23BrN2O3S/c1-23-16-7-6-13(9-15(16)19)17(22)20-18(25)21(10-12-4-5-12)11-14-3-2-8-24-14/h6-7,9,12,14H,2-5,8,10-11H2,1H3,(H,20,22,25). The highest BCUT2D eigenvalue weighted by molar-refractivity contribution is 9.10. The predicted molar refractivity (Wildman–Crippen MR) is 104 cm³/mol. The molecule has 1 amide bonds. The predicted octanol–water partition coefficient (Wildman–Crippen LogP) is 3.36. The van der Waals surface area contributed by atoms with Crippen molar-refractivity contribution in [2.45, 2.75) is 31.8 Å². The van der Waals surface area contributed by atoms with Crippen LogP contribution in [0.4, 0.5) is 0 Å². The molecule has 1 aliphatic carbocycles. The number of nitrogens with zero attached hydrogens (tertiary/aromatic N) is 1. The summed E-state index contributed by atoms with van der Waals surface area (Å²) >= 11 is 8.92. The van der Waals surface area contributed by atoms with Gasteiger partial charge in [-0.2, -0.15) is 0 Å². The van der Waals surface area contributed by atoms with Crippen LogP contribution in [-0.2, 0) is 4.74 Å². The highest BCUT2D eigenvalue weighted by atomic mass is 79.9. The maximum Gasteiger partial charge on any atom is 0.257 e. The lowest BCUT2D eigenvalue weighted by Crippen LogP contribution is -2.46. The quantitative estimate of drug-likeness (QED) is 0.706. The summed E-state index contributed by atoms with van der Waals surface area (Å²) in [6, 6.07) is 5.23. The van der Waals surface area contributed by atoms with Gasteiger partial charge in [0.1, 0.15) is 5.75 Å². The lowest BCUT2D eigenvalue weighted by Gasteiger charge is -2.28. The number of thiocarbonyl (C=S) groups is 1. The van der Waals surface area contributed by atoms with Crippen LogP contribution in [0.5, 0.6) is 5.75 Å². The summed E-state index contributed by atoms with van der Waals surface area (Å²) in [6.45, 7) is 2.47. The molecule has 3 rings (SSSR count). The molecule has 0 aromatic heterocycles. The Morgan fingerprint density at radius 1 is 1.40 bits per heavy atom. The van der Waals surface area contributed by atoms with E-state index in [-0.39, 0.29) is 12.0 Å². The number of halogens is 1. The van der Waals surface area contributed by atoms with E-state index in [1.54, 1.807) is 25.3 Å². The Labute approximate surface area is 162 Å². The first-order valence-corrected chi connectivity index (χ1v) is 9.82. The van der Waals surface area contributed by atoms with Gasteiger partial charge < -0.3 is 14.4 Å². The number of carbonyl (C=O) groups excluding carboxylic acids is 1. The molecule has 1 atom stereocenters. The van der Waals surface area contributed by atoms with Crippen molar-refractivity contribution in [1.29, 1.82) is 0 Å². The summed E-state index contributed by atoms with van der Waals surface area (Å²) in [5.74, 6) is 1.17. The smallest absolute Gasteiger partial charge is 0.257 e.